The van der Waals surface area contributed by atoms with Crippen LogP contribution in [-0.2, 0) is 0 Å². The quantitative estimate of drug-likeness (QED) is 0.366. The van der Waals surface area contributed by atoms with Crippen molar-refractivity contribution in [2.45, 2.75) is 19.9 Å². The molecule has 0 fully saturated rings. The number of nitrogens with two attached hydrogens (primary N) is 1. The first kappa shape index (κ1) is 16.6. The lowest BCUT2D eigenvalue weighted by molar-refractivity contribution is 0.318. The molecule has 0 amide bonds. The van der Waals surface area contributed by atoms with E-state index in [4.69, 9.17) is 22.5 Å². The fourth-order valence-electron chi connectivity index (χ4n) is 2.32. The molecule has 0 bridgehead atoms. The van der Waals surface area contributed by atoms with Gasteiger partial charge in [-0.2, -0.15) is 0 Å². The molecule has 0 aliphatic carbocycles. The smallest absolute Gasteiger partial charge is 0.171 e. The lowest BCUT2D eigenvalue weighted by Crippen LogP contribution is -2.40. The van der Waals surface area contributed by atoms with Crippen molar-refractivity contribution in [1.29, 1.82) is 0 Å². The number of nitrogens with zero attached hydrogens (tertiary/aromatic N) is 3. The molecule has 0 saturated carbocycles. The third-order valence-corrected chi connectivity index (χ3v) is 3.48. The molecule has 0 saturated heterocycles. The zero-order valence-electron chi connectivity index (χ0n) is 12.5. The van der Waals surface area contributed by atoms with Crippen molar-refractivity contribution in [3.05, 3.63) is 28.8 Å². The van der Waals surface area contributed by atoms with E-state index in [1.54, 1.807) is 6.07 Å². The van der Waals surface area contributed by atoms with Crippen LogP contribution in [0, 0.1) is 0 Å². The Labute approximate surface area is 125 Å². The summed E-state index contributed by atoms with van der Waals surface area (Å²) in [6.45, 7) is 6.12. The van der Waals surface area contributed by atoms with E-state index in [1.165, 1.54) is 0 Å². The minimum absolute atomic E-state index is 0.0194. The fraction of sp³-hybridized carbons (Fsp3) is 0.500. The lowest BCUT2D eigenvalue weighted by Gasteiger charge is -2.32. The number of amidine groups is 1. The largest absolute Gasteiger partial charge is 0.409 e. The molecule has 0 aromatic heterocycles. The van der Waals surface area contributed by atoms with Gasteiger partial charge in [0, 0.05) is 30.4 Å². The summed E-state index contributed by atoms with van der Waals surface area (Å²) in [4.78, 5) is 4.42. The van der Waals surface area contributed by atoms with Crippen molar-refractivity contribution < 1.29 is 5.21 Å². The molecule has 112 valence electrons. The number of rotatable bonds is 6. The van der Waals surface area contributed by atoms with Crippen LogP contribution in [0.1, 0.15) is 19.4 Å². The summed E-state index contributed by atoms with van der Waals surface area (Å²) in [5.74, 6) is 0.0194. The molecule has 1 rings (SSSR count). The van der Waals surface area contributed by atoms with Crippen molar-refractivity contribution in [2.75, 3.05) is 32.1 Å². The molecule has 0 aliphatic rings. The van der Waals surface area contributed by atoms with Gasteiger partial charge in [0.2, 0.25) is 0 Å². The first-order valence-electron chi connectivity index (χ1n) is 6.59. The second-order valence-electron chi connectivity index (χ2n) is 5.05. The van der Waals surface area contributed by atoms with Crippen molar-refractivity contribution >= 4 is 23.1 Å². The van der Waals surface area contributed by atoms with Crippen molar-refractivity contribution in [1.82, 2.24) is 4.90 Å². The molecule has 1 aromatic carbocycles. The number of benzene rings is 1. The Kier molecular flexibility index (Phi) is 6.10. The number of anilines is 1. The summed E-state index contributed by atoms with van der Waals surface area (Å²) in [7, 11) is 4.11. The average molecular weight is 299 g/mol. The molecule has 5 nitrogen and oxygen atoms in total. The highest BCUT2D eigenvalue weighted by Crippen LogP contribution is 2.25. The Morgan fingerprint density at radius 1 is 1.45 bits per heavy atom. The Morgan fingerprint density at radius 2 is 2.10 bits per heavy atom. The topological polar surface area (TPSA) is 65.1 Å². The van der Waals surface area contributed by atoms with E-state index in [0.717, 1.165) is 18.8 Å². The van der Waals surface area contributed by atoms with Crippen molar-refractivity contribution in [3.63, 3.8) is 0 Å². The molecule has 0 radical (unpaired) electrons. The maximum absolute atomic E-state index is 8.71. The van der Waals surface area contributed by atoms with Gasteiger partial charge in [-0.25, -0.2) is 0 Å². The van der Waals surface area contributed by atoms with Crippen LogP contribution < -0.4 is 10.6 Å². The van der Waals surface area contributed by atoms with Gasteiger partial charge in [0.25, 0.3) is 0 Å². The molecule has 1 unspecified atom stereocenters. The van der Waals surface area contributed by atoms with Crippen LogP contribution in [0.15, 0.2) is 23.4 Å². The van der Waals surface area contributed by atoms with Crippen LogP contribution in [-0.4, -0.2) is 49.2 Å². The molecule has 1 aromatic rings. The number of halogens is 1. The number of hydrogen-bond donors (Lipinski definition) is 2. The zero-order valence-corrected chi connectivity index (χ0v) is 13.2. The molecule has 0 spiro atoms. The third-order valence-electron chi connectivity index (χ3n) is 3.17. The maximum Gasteiger partial charge on any atom is 0.171 e. The van der Waals surface area contributed by atoms with Crippen molar-refractivity contribution in [2.24, 2.45) is 10.9 Å². The average Bonchev–Trinajstić information content (AvgIpc) is 2.38. The predicted molar refractivity (Wildman–Crippen MR) is 85.0 cm³/mol. The van der Waals surface area contributed by atoms with Gasteiger partial charge < -0.3 is 20.7 Å². The minimum Gasteiger partial charge on any atom is -0.409 e. The lowest BCUT2D eigenvalue weighted by atomic mass is 10.1. The SMILES string of the molecule is CCN(c1ccc(/C(N)=N/O)c(Cl)c1)C(C)CN(C)C. The van der Waals surface area contributed by atoms with Gasteiger partial charge in [0.15, 0.2) is 5.84 Å². The van der Waals surface area contributed by atoms with Gasteiger partial charge in [-0.15, -0.1) is 0 Å². The summed E-state index contributed by atoms with van der Waals surface area (Å²) in [6, 6.07) is 5.93. The Hall–Kier alpha value is -1.46. The Balaban J connectivity index is 3.03. The first-order chi connectivity index (χ1) is 9.40. The predicted octanol–water partition coefficient (Wildman–Crippen LogP) is 2.21. The second-order valence-corrected chi connectivity index (χ2v) is 5.45. The molecule has 1 atom stereocenters. The molecule has 0 heterocycles. The summed E-state index contributed by atoms with van der Waals surface area (Å²) in [5.41, 5.74) is 7.14. The summed E-state index contributed by atoms with van der Waals surface area (Å²) >= 11 is 6.21. The van der Waals surface area contributed by atoms with Crippen LogP contribution in [0.25, 0.3) is 0 Å². The number of likely N-dealkylation sites (N-methyl/N-ethyl adjacent to an activating group) is 2. The first-order valence-corrected chi connectivity index (χ1v) is 6.97. The van der Waals surface area contributed by atoms with Crippen LogP contribution in [0.4, 0.5) is 5.69 Å². The van der Waals surface area contributed by atoms with Gasteiger partial charge >= 0.3 is 0 Å². The Bertz CT molecular complexity index is 476. The van der Waals surface area contributed by atoms with E-state index in [1.807, 2.05) is 12.1 Å². The number of hydrogen-bond acceptors (Lipinski definition) is 4. The summed E-state index contributed by atoms with van der Waals surface area (Å²) < 4.78 is 0. The minimum atomic E-state index is 0.0194. The van der Waals surface area contributed by atoms with E-state index in [0.29, 0.717) is 16.6 Å². The van der Waals surface area contributed by atoms with Crippen molar-refractivity contribution in [3.8, 4) is 0 Å². The van der Waals surface area contributed by atoms with Gasteiger partial charge in [-0.3, -0.25) is 0 Å². The van der Waals surface area contributed by atoms with Crippen LogP contribution in [0.5, 0.6) is 0 Å². The second kappa shape index (κ2) is 7.36. The maximum atomic E-state index is 8.71. The molecule has 20 heavy (non-hydrogen) atoms. The van der Waals surface area contributed by atoms with E-state index >= 15 is 0 Å². The van der Waals surface area contributed by atoms with Crippen LogP contribution in [0.3, 0.4) is 0 Å². The summed E-state index contributed by atoms with van der Waals surface area (Å²) in [5, 5.41) is 12.2. The summed E-state index contributed by atoms with van der Waals surface area (Å²) in [6.07, 6.45) is 0. The number of oxime groups is 1. The highest BCUT2D eigenvalue weighted by atomic mass is 35.5. The fourth-order valence-corrected chi connectivity index (χ4v) is 2.59. The van der Waals surface area contributed by atoms with E-state index in [-0.39, 0.29) is 5.84 Å². The van der Waals surface area contributed by atoms with Crippen LogP contribution in [0.2, 0.25) is 5.02 Å². The monoisotopic (exact) mass is 298 g/mol. The molecular formula is C14H23ClN4O. The normalized spacial score (nSPS) is 13.6. The van der Waals surface area contributed by atoms with Crippen LogP contribution >= 0.6 is 11.6 Å². The van der Waals surface area contributed by atoms with E-state index < -0.39 is 0 Å². The molecular weight excluding hydrogens is 276 g/mol. The van der Waals surface area contributed by atoms with Gasteiger partial charge in [-0.1, -0.05) is 16.8 Å². The third kappa shape index (κ3) is 4.02. The highest BCUT2D eigenvalue weighted by molar-refractivity contribution is 6.34. The van der Waals surface area contributed by atoms with Gasteiger partial charge in [0.05, 0.1) is 5.02 Å². The van der Waals surface area contributed by atoms with Gasteiger partial charge in [-0.05, 0) is 46.1 Å². The van der Waals surface area contributed by atoms with Gasteiger partial charge in [0.1, 0.15) is 0 Å². The Morgan fingerprint density at radius 3 is 2.55 bits per heavy atom. The molecule has 6 heteroatoms. The standard InChI is InChI=1S/C14H23ClN4O/c1-5-19(10(2)9-18(3)4)11-6-7-12(13(15)8-11)14(16)17-20/h6-8,10,20H,5,9H2,1-4H3,(H2,16,17). The zero-order chi connectivity index (χ0) is 15.3. The highest BCUT2D eigenvalue weighted by Gasteiger charge is 2.15. The molecule has 3 N–H and O–H groups in total. The molecule has 0 aliphatic heterocycles. The van der Waals surface area contributed by atoms with E-state index in [2.05, 4.69) is 42.9 Å². The van der Waals surface area contributed by atoms with E-state index in [9.17, 15) is 0 Å².